The molecule has 0 radical (unpaired) electrons. The highest BCUT2D eigenvalue weighted by Crippen LogP contribution is 2.27. The molecule has 2 rings (SSSR count). The molecule has 0 unspecified atom stereocenters. The number of nitrogens with one attached hydrogen (secondary N) is 1. The van der Waals surface area contributed by atoms with Crippen LogP contribution in [0.3, 0.4) is 0 Å². The maximum Gasteiger partial charge on any atom is 0.223 e. The van der Waals surface area contributed by atoms with E-state index >= 15 is 0 Å². The zero-order valence-corrected chi connectivity index (χ0v) is 14.0. The molecule has 1 N–H and O–H groups in total. The molecule has 1 heterocycles. The molecular weight excluding hydrogens is 316 g/mol. The van der Waals surface area contributed by atoms with Crippen LogP contribution in [-0.4, -0.2) is 36.0 Å². The van der Waals surface area contributed by atoms with Gasteiger partial charge in [0.05, 0.1) is 0 Å². The van der Waals surface area contributed by atoms with E-state index in [4.69, 9.17) is 0 Å². The third-order valence-electron chi connectivity index (χ3n) is 3.83. The van der Waals surface area contributed by atoms with Crippen molar-refractivity contribution < 1.29 is 4.79 Å². The molecule has 1 aliphatic heterocycles. The highest BCUT2D eigenvalue weighted by molar-refractivity contribution is 9.10. The van der Waals surface area contributed by atoms with E-state index in [0.717, 1.165) is 17.6 Å². The minimum atomic E-state index is 0.235. The third-order valence-corrected chi connectivity index (χ3v) is 4.55. The van der Waals surface area contributed by atoms with Crippen molar-refractivity contribution in [2.45, 2.75) is 45.2 Å². The van der Waals surface area contributed by atoms with E-state index in [-0.39, 0.29) is 11.8 Å². The first-order chi connectivity index (χ1) is 9.47. The first-order valence-corrected chi connectivity index (χ1v) is 8.05. The van der Waals surface area contributed by atoms with Gasteiger partial charge in [-0.25, -0.2) is 0 Å². The van der Waals surface area contributed by atoms with E-state index in [2.05, 4.69) is 48.1 Å². The molecule has 1 aliphatic rings. The lowest BCUT2D eigenvalue weighted by Crippen LogP contribution is -2.55. The van der Waals surface area contributed by atoms with Crippen molar-refractivity contribution in [3.05, 3.63) is 34.3 Å². The highest BCUT2D eigenvalue weighted by atomic mass is 79.9. The summed E-state index contributed by atoms with van der Waals surface area (Å²) in [7, 11) is 0. The minimum Gasteiger partial charge on any atom is -0.340 e. The van der Waals surface area contributed by atoms with E-state index in [0.29, 0.717) is 18.5 Å². The largest absolute Gasteiger partial charge is 0.340 e. The molecule has 1 aromatic rings. The maximum absolute atomic E-state index is 12.5. The van der Waals surface area contributed by atoms with Gasteiger partial charge in [0.15, 0.2) is 0 Å². The van der Waals surface area contributed by atoms with Crippen molar-refractivity contribution in [3.8, 4) is 0 Å². The third kappa shape index (κ3) is 3.83. The number of nitrogens with zero attached hydrogens (tertiary/aromatic N) is 1. The van der Waals surface area contributed by atoms with Crippen LogP contribution in [0.5, 0.6) is 0 Å². The fourth-order valence-corrected chi connectivity index (χ4v) is 3.58. The molecule has 3 nitrogen and oxygen atoms in total. The average molecular weight is 339 g/mol. The maximum atomic E-state index is 12.5. The van der Waals surface area contributed by atoms with Crippen LogP contribution in [0.2, 0.25) is 0 Å². The Morgan fingerprint density at radius 3 is 2.55 bits per heavy atom. The number of carbonyl (C=O) groups excluding carboxylic acids is 1. The van der Waals surface area contributed by atoms with Gasteiger partial charge in [0.2, 0.25) is 5.91 Å². The Hall–Kier alpha value is -0.870. The van der Waals surface area contributed by atoms with E-state index in [9.17, 15) is 4.79 Å². The first-order valence-electron chi connectivity index (χ1n) is 7.25. The van der Waals surface area contributed by atoms with Crippen LogP contribution < -0.4 is 5.32 Å². The van der Waals surface area contributed by atoms with Crippen LogP contribution in [0.25, 0.3) is 0 Å². The van der Waals surface area contributed by atoms with Crippen LogP contribution in [0.1, 0.15) is 38.7 Å². The molecular formula is C16H23BrN2O. The number of amides is 1. The first kappa shape index (κ1) is 15.5. The van der Waals surface area contributed by atoms with Gasteiger partial charge in [-0.3, -0.25) is 4.79 Å². The Kier molecular flexibility index (Phi) is 5.22. The quantitative estimate of drug-likeness (QED) is 0.918. The van der Waals surface area contributed by atoms with Gasteiger partial charge in [0, 0.05) is 36.1 Å². The van der Waals surface area contributed by atoms with Gasteiger partial charge in [-0.2, -0.15) is 0 Å². The van der Waals surface area contributed by atoms with Gasteiger partial charge in [-0.15, -0.1) is 0 Å². The predicted octanol–water partition coefficient (Wildman–Crippen LogP) is 3.15. The second kappa shape index (κ2) is 6.72. The lowest BCUT2D eigenvalue weighted by atomic mass is 9.97. The summed E-state index contributed by atoms with van der Waals surface area (Å²) in [5, 5.41) is 3.46. The highest BCUT2D eigenvalue weighted by Gasteiger charge is 2.26. The van der Waals surface area contributed by atoms with E-state index in [1.54, 1.807) is 0 Å². The van der Waals surface area contributed by atoms with Gasteiger partial charge >= 0.3 is 0 Å². The molecule has 0 bridgehead atoms. The molecule has 1 aromatic carbocycles. The fourth-order valence-electron chi connectivity index (χ4n) is 2.91. The topological polar surface area (TPSA) is 32.3 Å². The molecule has 20 heavy (non-hydrogen) atoms. The van der Waals surface area contributed by atoms with Gasteiger partial charge in [0.25, 0.3) is 0 Å². The van der Waals surface area contributed by atoms with Crippen molar-refractivity contribution in [3.63, 3.8) is 0 Å². The second-order valence-electron chi connectivity index (χ2n) is 5.89. The van der Waals surface area contributed by atoms with Crippen LogP contribution in [0.15, 0.2) is 28.7 Å². The Balaban J connectivity index is 1.99. The zero-order chi connectivity index (χ0) is 14.7. The molecule has 110 valence electrons. The van der Waals surface area contributed by atoms with Crippen molar-refractivity contribution in [2.75, 3.05) is 13.1 Å². The number of halogens is 1. The van der Waals surface area contributed by atoms with Gasteiger partial charge in [-0.1, -0.05) is 41.1 Å². The van der Waals surface area contributed by atoms with Crippen molar-refractivity contribution >= 4 is 21.8 Å². The summed E-state index contributed by atoms with van der Waals surface area (Å²) in [5.74, 6) is 0.493. The molecule has 1 saturated heterocycles. The number of hydrogen-bond acceptors (Lipinski definition) is 2. The number of rotatable bonds is 3. The summed E-state index contributed by atoms with van der Waals surface area (Å²) < 4.78 is 1.09. The Morgan fingerprint density at radius 2 is 1.95 bits per heavy atom. The SMILES string of the molecule is C[C@@H]1CN(C(=O)C[C@H](C)c2ccccc2Br)C[C@@H](C)N1. The number of piperazine rings is 1. The van der Waals surface area contributed by atoms with Crippen LogP contribution >= 0.6 is 15.9 Å². The molecule has 1 fully saturated rings. The van der Waals surface area contributed by atoms with Gasteiger partial charge < -0.3 is 10.2 Å². The van der Waals surface area contributed by atoms with Crippen LogP contribution in [-0.2, 0) is 4.79 Å². The summed E-state index contributed by atoms with van der Waals surface area (Å²) in [4.78, 5) is 14.5. The summed E-state index contributed by atoms with van der Waals surface area (Å²) >= 11 is 3.57. The fraction of sp³-hybridized carbons (Fsp3) is 0.562. The molecule has 4 heteroatoms. The summed E-state index contributed by atoms with van der Waals surface area (Å²) in [6.45, 7) is 8.01. The standard InChI is InChI=1S/C16H23BrN2O/c1-11(14-6-4-5-7-15(14)17)8-16(20)19-9-12(2)18-13(3)10-19/h4-7,11-13,18H,8-10H2,1-3H3/t11-,12+,13+/m0/s1. The molecule has 0 spiro atoms. The van der Waals surface area contributed by atoms with Crippen LogP contribution in [0, 0.1) is 0 Å². The van der Waals surface area contributed by atoms with Gasteiger partial charge in [0.1, 0.15) is 0 Å². The smallest absolute Gasteiger partial charge is 0.223 e. The Labute approximate surface area is 129 Å². The van der Waals surface area contributed by atoms with Crippen molar-refractivity contribution in [1.29, 1.82) is 0 Å². The molecule has 0 aliphatic carbocycles. The molecule has 3 atom stereocenters. The minimum absolute atomic E-state index is 0.235. The average Bonchev–Trinajstić information content (AvgIpc) is 2.37. The zero-order valence-electron chi connectivity index (χ0n) is 12.4. The monoisotopic (exact) mass is 338 g/mol. The number of carbonyl (C=O) groups is 1. The molecule has 0 saturated carbocycles. The van der Waals surface area contributed by atoms with Gasteiger partial charge in [-0.05, 0) is 31.4 Å². The molecule has 0 aromatic heterocycles. The number of benzene rings is 1. The van der Waals surface area contributed by atoms with Crippen molar-refractivity contribution in [1.82, 2.24) is 10.2 Å². The predicted molar refractivity (Wildman–Crippen MR) is 85.8 cm³/mol. The van der Waals surface area contributed by atoms with Crippen molar-refractivity contribution in [2.24, 2.45) is 0 Å². The summed E-state index contributed by atoms with van der Waals surface area (Å²) in [6.07, 6.45) is 0.571. The molecule has 1 amide bonds. The number of hydrogen-bond donors (Lipinski definition) is 1. The van der Waals surface area contributed by atoms with E-state index < -0.39 is 0 Å². The Bertz CT molecular complexity index is 467. The Morgan fingerprint density at radius 1 is 1.35 bits per heavy atom. The van der Waals surface area contributed by atoms with E-state index in [1.165, 1.54) is 5.56 Å². The summed E-state index contributed by atoms with van der Waals surface area (Å²) in [6, 6.07) is 8.90. The lowest BCUT2D eigenvalue weighted by Gasteiger charge is -2.36. The van der Waals surface area contributed by atoms with E-state index in [1.807, 2.05) is 23.1 Å². The normalized spacial score (nSPS) is 24.5. The second-order valence-corrected chi connectivity index (χ2v) is 6.75. The summed E-state index contributed by atoms with van der Waals surface area (Å²) in [5.41, 5.74) is 1.21. The van der Waals surface area contributed by atoms with Crippen LogP contribution in [0.4, 0.5) is 0 Å². The lowest BCUT2D eigenvalue weighted by molar-refractivity contribution is -0.133.